The summed E-state index contributed by atoms with van der Waals surface area (Å²) in [6.07, 6.45) is 2.65. The number of allylic oxidation sites excluding steroid dienone is 1. The predicted octanol–water partition coefficient (Wildman–Crippen LogP) is 5.07. The summed E-state index contributed by atoms with van der Waals surface area (Å²) in [5, 5.41) is 20.4. The molecule has 0 bridgehead atoms. The van der Waals surface area contributed by atoms with Crippen molar-refractivity contribution in [3.8, 4) is 5.75 Å². The highest BCUT2D eigenvalue weighted by Crippen LogP contribution is 2.42. The molecule has 0 amide bonds. The molecule has 5 nitrogen and oxygen atoms in total. The molecule has 0 aliphatic carbocycles. The van der Waals surface area contributed by atoms with Gasteiger partial charge in [0.2, 0.25) is 0 Å². The van der Waals surface area contributed by atoms with Crippen molar-refractivity contribution in [1.29, 1.82) is 5.41 Å². The van der Waals surface area contributed by atoms with Crippen molar-refractivity contribution < 1.29 is 9.53 Å². The van der Waals surface area contributed by atoms with Crippen LogP contribution in [0.2, 0.25) is 0 Å². The maximum Gasteiger partial charge on any atom is 0.186 e. The van der Waals surface area contributed by atoms with E-state index in [4.69, 9.17) is 10.1 Å². The highest BCUT2D eigenvalue weighted by atomic mass is 32.2. The molecule has 1 atom stereocenters. The van der Waals surface area contributed by atoms with Crippen molar-refractivity contribution in [1.82, 2.24) is 10.2 Å². The van der Waals surface area contributed by atoms with Gasteiger partial charge < -0.3 is 4.74 Å². The zero-order chi connectivity index (χ0) is 19.7. The van der Waals surface area contributed by atoms with Crippen LogP contribution in [0.5, 0.6) is 5.75 Å². The number of hydrogen-bond donors (Lipinski definition) is 1. The van der Waals surface area contributed by atoms with Gasteiger partial charge in [-0.15, -0.1) is 21.5 Å². The average Bonchev–Trinajstić information content (AvgIpc) is 3.28. The lowest BCUT2D eigenvalue weighted by Crippen LogP contribution is -2.11. The second-order valence-corrected chi connectivity index (χ2v) is 8.47. The molecule has 28 heavy (non-hydrogen) atoms. The van der Waals surface area contributed by atoms with Crippen LogP contribution in [-0.2, 0) is 11.2 Å². The summed E-state index contributed by atoms with van der Waals surface area (Å²) in [5.74, 6) is 0.131. The number of carbonyl (C=O) groups excluding carboxylic acids is 1. The number of hydrogen-bond acceptors (Lipinski definition) is 7. The Labute approximate surface area is 171 Å². The smallest absolute Gasteiger partial charge is 0.186 e. The molecular formula is C21H19N3O2S2. The monoisotopic (exact) mass is 409 g/mol. The van der Waals surface area contributed by atoms with Gasteiger partial charge in [0.25, 0.3) is 0 Å². The van der Waals surface area contributed by atoms with Crippen LogP contribution in [0.4, 0.5) is 0 Å². The third-order valence-corrected chi connectivity index (χ3v) is 6.65. The molecule has 2 heterocycles. The Balaban J connectivity index is 1.73. The van der Waals surface area contributed by atoms with Gasteiger partial charge in [0, 0.05) is 5.39 Å². The number of fused-ring (bicyclic) bond motifs is 1. The van der Waals surface area contributed by atoms with E-state index in [0.29, 0.717) is 21.6 Å². The summed E-state index contributed by atoms with van der Waals surface area (Å²) >= 11 is 2.63. The van der Waals surface area contributed by atoms with E-state index >= 15 is 0 Å². The Hall–Kier alpha value is -2.51. The molecular weight excluding hydrogens is 390 g/mol. The van der Waals surface area contributed by atoms with Gasteiger partial charge in [-0.1, -0.05) is 49.0 Å². The maximum atomic E-state index is 13.0. The Kier molecular flexibility index (Phi) is 5.28. The number of Topliss-reactive ketones (excluding diaryl/α,β-unsaturated/α-hetero) is 1. The maximum absolute atomic E-state index is 13.0. The van der Waals surface area contributed by atoms with E-state index in [-0.39, 0.29) is 5.78 Å². The van der Waals surface area contributed by atoms with Gasteiger partial charge in [0.1, 0.15) is 21.7 Å². The number of rotatable bonds is 5. The van der Waals surface area contributed by atoms with Crippen molar-refractivity contribution in [2.24, 2.45) is 0 Å². The molecule has 1 fully saturated rings. The minimum atomic E-state index is -0.622. The summed E-state index contributed by atoms with van der Waals surface area (Å²) in [5.41, 5.74) is 0.940. The van der Waals surface area contributed by atoms with Gasteiger partial charge in [-0.3, -0.25) is 10.2 Å². The molecule has 1 aliphatic rings. The minimum Gasteiger partial charge on any atom is -0.493 e. The number of benzene rings is 2. The fraction of sp³-hybridized carbons (Fsp3) is 0.238. The molecule has 1 N–H and O–H groups in total. The van der Waals surface area contributed by atoms with Gasteiger partial charge in [-0.2, -0.15) is 0 Å². The standard InChI is InChI=1S/C21H19N3O2S2/c1-3-17-23-24-21(28-17)18-19(25)16(27-20(18)22)11-12-9-10-15(26-4-2)14-8-6-5-7-13(12)14/h5-11,18,22H,3-4H2,1-2H3. The number of nitrogens with zero attached hydrogens (tertiary/aromatic N) is 2. The molecule has 0 radical (unpaired) electrons. The van der Waals surface area contributed by atoms with E-state index in [9.17, 15) is 4.79 Å². The van der Waals surface area contributed by atoms with E-state index in [1.165, 1.54) is 23.1 Å². The summed E-state index contributed by atoms with van der Waals surface area (Å²) in [6, 6.07) is 11.9. The van der Waals surface area contributed by atoms with Crippen molar-refractivity contribution in [3.05, 3.63) is 56.9 Å². The summed E-state index contributed by atoms with van der Waals surface area (Å²) < 4.78 is 5.73. The largest absolute Gasteiger partial charge is 0.493 e. The fourth-order valence-corrected chi connectivity index (χ4v) is 5.13. The molecule has 3 aromatic rings. The molecule has 1 unspecified atom stereocenters. The second kappa shape index (κ2) is 7.85. The van der Waals surface area contributed by atoms with Crippen molar-refractivity contribution in [3.63, 3.8) is 0 Å². The first-order valence-electron chi connectivity index (χ1n) is 9.11. The van der Waals surface area contributed by atoms with Crippen molar-refractivity contribution in [2.45, 2.75) is 26.2 Å². The molecule has 4 rings (SSSR count). The third-order valence-electron chi connectivity index (χ3n) is 4.52. The normalized spacial score (nSPS) is 18.4. The zero-order valence-corrected chi connectivity index (χ0v) is 17.2. The number of aryl methyl sites for hydroxylation is 1. The average molecular weight is 410 g/mol. The minimum absolute atomic E-state index is 0.0771. The molecule has 0 saturated carbocycles. The van der Waals surface area contributed by atoms with Crippen LogP contribution < -0.4 is 4.74 Å². The highest BCUT2D eigenvalue weighted by Gasteiger charge is 2.39. The number of thioether (sulfide) groups is 1. The van der Waals surface area contributed by atoms with E-state index in [1.54, 1.807) is 0 Å². The molecule has 0 spiro atoms. The number of carbonyl (C=O) groups is 1. The van der Waals surface area contributed by atoms with Crippen molar-refractivity contribution in [2.75, 3.05) is 6.61 Å². The van der Waals surface area contributed by atoms with Crippen molar-refractivity contribution >= 4 is 50.8 Å². The summed E-state index contributed by atoms with van der Waals surface area (Å²) in [4.78, 5) is 13.6. The quantitative estimate of drug-likeness (QED) is 0.595. The number of nitrogens with one attached hydrogen (secondary N) is 1. The first-order chi connectivity index (χ1) is 13.6. The molecule has 2 aromatic carbocycles. The third kappa shape index (κ3) is 3.36. The molecule has 1 saturated heterocycles. The first-order valence-corrected chi connectivity index (χ1v) is 10.7. The Morgan fingerprint density at radius 2 is 1.93 bits per heavy atom. The van der Waals surface area contributed by atoms with Crippen LogP contribution in [0.15, 0.2) is 41.3 Å². The summed E-state index contributed by atoms with van der Waals surface area (Å²) in [6.45, 7) is 4.56. The Morgan fingerprint density at radius 1 is 1.14 bits per heavy atom. The summed E-state index contributed by atoms with van der Waals surface area (Å²) in [7, 11) is 0. The number of aromatic nitrogens is 2. The lowest BCUT2D eigenvalue weighted by molar-refractivity contribution is -0.114. The lowest BCUT2D eigenvalue weighted by Gasteiger charge is -2.10. The lowest BCUT2D eigenvalue weighted by atomic mass is 10.0. The van der Waals surface area contributed by atoms with Gasteiger partial charge in [0.15, 0.2) is 5.78 Å². The van der Waals surface area contributed by atoms with E-state index in [1.807, 2.05) is 56.3 Å². The van der Waals surface area contributed by atoms with Gasteiger partial charge >= 0.3 is 0 Å². The fourth-order valence-electron chi connectivity index (χ4n) is 3.18. The second-order valence-electron chi connectivity index (χ2n) is 6.29. The first kappa shape index (κ1) is 18.8. The van der Waals surface area contributed by atoms with Gasteiger partial charge in [-0.05, 0) is 36.4 Å². The number of ketones is 1. The van der Waals surface area contributed by atoms with E-state index in [0.717, 1.165) is 33.5 Å². The van der Waals surface area contributed by atoms with Crippen LogP contribution in [-0.4, -0.2) is 27.6 Å². The van der Waals surface area contributed by atoms with Crippen LogP contribution in [0.1, 0.15) is 35.3 Å². The molecule has 1 aromatic heterocycles. The predicted molar refractivity (Wildman–Crippen MR) is 115 cm³/mol. The van der Waals surface area contributed by atoms with Gasteiger partial charge in [-0.25, -0.2) is 0 Å². The van der Waals surface area contributed by atoms with Crippen LogP contribution in [0.3, 0.4) is 0 Å². The topological polar surface area (TPSA) is 75.9 Å². The molecule has 7 heteroatoms. The number of ether oxygens (including phenoxy) is 1. The van der Waals surface area contributed by atoms with Crippen LogP contribution in [0, 0.1) is 5.41 Å². The van der Waals surface area contributed by atoms with E-state index in [2.05, 4.69) is 10.2 Å². The SMILES string of the molecule is CCOc1ccc(C=C2SC(=N)C(c3nnc(CC)s3)C2=O)c2ccccc12. The molecule has 142 valence electrons. The van der Waals surface area contributed by atoms with Crippen LogP contribution >= 0.6 is 23.1 Å². The molecule has 1 aliphatic heterocycles. The zero-order valence-electron chi connectivity index (χ0n) is 15.6. The Morgan fingerprint density at radius 3 is 2.64 bits per heavy atom. The Bertz CT molecular complexity index is 1100. The highest BCUT2D eigenvalue weighted by molar-refractivity contribution is 8.19. The van der Waals surface area contributed by atoms with Gasteiger partial charge in [0.05, 0.1) is 16.6 Å². The van der Waals surface area contributed by atoms with Crippen LogP contribution in [0.25, 0.3) is 16.8 Å². The van der Waals surface area contributed by atoms with E-state index < -0.39 is 5.92 Å².